The van der Waals surface area contributed by atoms with Crippen molar-refractivity contribution in [1.82, 2.24) is 9.78 Å². The molecule has 1 aliphatic rings. The van der Waals surface area contributed by atoms with Gasteiger partial charge in [-0.05, 0) is 45.6 Å². The molecule has 2 N–H and O–H groups in total. The molecule has 0 bridgehead atoms. The maximum atomic E-state index is 14.7. The Morgan fingerprint density at radius 1 is 1.53 bits per heavy atom. The van der Waals surface area contributed by atoms with E-state index in [2.05, 4.69) is 5.10 Å². The van der Waals surface area contributed by atoms with Crippen molar-refractivity contribution in [3.05, 3.63) is 17.5 Å². The third-order valence-corrected chi connectivity index (χ3v) is 3.71. The number of alkyl halides is 1. The Kier molecular flexibility index (Phi) is 3.52. The normalized spacial score (nSPS) is 29.5. The van der Waals surface area contributed by atoms with E-state index < -0.39 is 5.67 Å². The van der Waals surface area contributed by atoms with Gasteiger partial charge >= 0.3 is 0 Å². The maximum absolute atomic E-state index is 14.7. The van der Waals surface area contributed by atoms with Gasteiger partial charge in [-0.2, -0.15) is 5.10 Å². The lowest BCUT2D eigenvalue weighted by molar-refractivity contribution is 0.0970. The third kappa shape index (κ3) is 2.86. The number of halogens is 1. The van der Waals surface area contributed by atoms with Crippen molar-refractivity contribution < 1.29 is 4.39 Å². The average molecular weight is 239 g/mol. The molecule has 0 unspecified atom stereocenters. The molecule has 96 valence electrons. The molecule has 0 aromatic carbocycles. The summed E-state index contributed by atoms with van der Waals surface area (Å²) < 4.78 is 16.6. The first kappa shape index (κ1) is 12.6. The maximum Gasteiger partial charge on any atom is 0.116 e. The van der Waals surface area contributed by atoms with Gasteiger partial charge in [-0.25, -0.2) is 4.39 Å². The second kappa shape index (κ2) is 4.77. The van der Waals surface area contributed by atoms with E-state index in [-0.39, 0.29) is 6.04 Å². The molecule has 1 fully saturated rings. The molecular weight excluding hydrogens is 217 g/mol. The molecule has 3 nitrogen and oxygen atoms in total. The molecule has 0 atom stereocenters. The SMILES string of the molecule is CCn1nc(C)cc1CC1(F)CCC(N)CC1. The summed E-state index contributed by atoms with van der Waals surface area (Å²) in [6, 6.07) is 2.19. The van der Waals surface area contributed by atoms with Crippen molar-refractivity contribution >= 4 is 0 Å². The minimum atomic E-state index is -1.07. The van der Waals surface area contributed by atoms with Gasteiger partial charge in [0.05, 0.1) is 5.69 Å². The van der Waals surface area contributed by atoms with Crippen LogP contribution in [0.25, 0.3) is 0 Å². The van der Waals surface area contributed by atoms with Crippen molar-refractivity contribution in [2.45, 2.75) is 64.2 Å². The quantitative estimate of drug-likeness (QED) is 0.880. The zero-order chi connectivity index (χ0) is 12.5. The monoisotopic (exact) mass is 239 g/mol. The molecule has 0 amide bonds. The van der Waals surface area contributed by atoms with E-state index in [1.165, 1.54) is 0 Å². The van der Waals surface area contributed by atoms with Crippen LogP contribution >= 0.6 is 0 Å². The smallest absolute Gasteiger partial charge is 0.116 e. The fourth-order valence-corrected chi connectivity index (χ4v) is 2.67. The number of aromatic nitrogens is 2. The zero-order valence-electron chi connectivity index (χ0n) is 10.7. The highest BCUT2D eigenvalue weighted by atomic mass is 19.1. The summed E-state index contributed by atoms with van der Waals surface area (Å²) in [4.78, 5) is 0. The average Bonchev–Trinajstić information content (AvgIpc) is 2.63. The van der Waals surface area contributed by atoms with E-state index >= 15 is 0 Å². The molecular formula is C13H22FN3. The first-order valence-electron chi connectivity index (χ1n) is 6.50. The van der Waals surface area contributed by atoms with E-state index in [0.717, 1.165) is 30.8 Å². The molecule has 0 radical (unpaired) electrons. The number of hydrogen-bond donors (Lipinski definition) is 1. The van der Waals surface area contributed by atoms with E-state index in [4.69, 9.17) is 5.73 Å². The molecule has 17 heavy (non-hydrogen) atoms. The summed E-state index contributed by atoms with van der Waals surface area (Å²) >= 11 is 0. The summed E-state index contributed by atoms with van der Waals surface area (Å²) in [5.41, 5.74) is 6.74. The predicted octanol–water partition coefficient (Wildman–Crippen LogP) is 2.36. The van der Waals surface area contributed by atoms with Crippen LogP contribution in [-0.2, 0) is 13.0 Å². The Balaban J connectivity index is 2.09. The first-order valence-corrected chi connectivity index (χ1v) is 6.50. The minimum absolute atomic E-state index is 0.191. The molecule has 0 saturated heterocycles. The van der Waals surface area contributed by atoms with Crippen LogP contribution in [0.15, 0.2) is 6.07 Å². The molecule has 2 rings (SSSR count). The Morgan fingerprint density at radius 2 is 2.18 bits per heavy atom. The van der Waals surface area contributed by atoms with Gasteiger partial charge in [-0.15, -0.1) is 0 Å². The topological polar surface area (TPSA) is 43.8 Å². The Hall–Kier alpha value is -0.900. The van der Waals surface area contributed by atoms with E-state index in [9.17, 15) is 4.39 Å². The summed E-state index contributed by atoms with van der Waals surface area (Å²) in [6.07, 6.45) is 3.25. The summed E-state index contributed by atoms with van der Waals surface area (Å²) in [5, 5.41) is 4.37. The molecule has 4 heteroatoms. The van der Waals surface area contributed by atoms with Gasteiger partial charge < -0.3 is 5.73 Å². The van der Waals surface area contributed by atoms with Crippen molar-refractivity contribution in [3.8, 4) is 0 Å². The molecule has 1 aromatic heterocycles. The number of nitrogens with two attached hydrogens (primary N) is 1. The van der Waals surface area contributed by atoms with Crippen LogP contribution in [0.4, 0.5) is 4.39 Å². The Morgan fingerprint density at radius 3 is 2.76 bits per heavy atom. The second-order valence-corrected chi connectivity index (χ2v) is 5.26. The van der Waals surface area contributed by atoms with E-state index in [1.54, 1.807) is 0 Å². The van der Waals surface area contributed by atoms with Gasteiger partial charge in [0.25, 0.3) is 0 Å². The fraction of sp³-hybridized carbons (Fsp3) is 0.769. The first-order chi connectivity index (χ1) is 8.02. The van der Waals surface area contributed by atoms with Gasteiger partial charge in [0.15, 0.2) is 0 Å². The lowest BCUT2D eigenvalue weighted by Crippen LogP contribution is -2.37. The van der Waals surface area contributed by atoms with Crippen molar-refractivity contribution in [3.63, 3.8) is 0 Å². The van der Waals surface area contributed by atoms with Crippen molar-refractivity contribution in [2.24, 2.45) is 5.73 Å². The highest BCUT2D eigenvalue weighted by Crippen LogP contribution is 2.34. The molecule has 0 spiro atoms. The number of aryl methyl sites for hydroxylation is 2. The van der Waals surface area contributed by atoms with Crippen LogP contribution < -0.4 is 5.73 Å². The van der Waals surface area contributed by atoms with Crippen LogP contribution in [0.5, 0.6) is 0 Å². The fourth-order valence-electron chi connectivity index (χ4n) is 2.67. The van der Waals surface area contributed by atoms with E-state index in [1.807, 2.05) is 24.6 Å². The molecule has 1 saturated carbocycles. The standard InChI is InChI=1S/C13H22FN3/c1-3-17-12(8-10(2)16-17)9-13(14)6-4-11(15)5-7-13/h8,11H,3-7,9,15H2,1-2H3. The number of hydrogen-bond acceptors (Lipinski definition) is 2. The molecule has 1 aliphatic carbocycles. The van der Waals surface area contributed by atoms with Crippen LogP contribution in [0.3, 0.4) is 0 Å². The summed E-state index contributed by atoms with van der Waals surface area (Å²) in [5.74, 6) is 0. The molecule has 0 aliphatic heterocycles. The summed E-state index contributed by atoms with van der Waals surface area (Å²) in [7, 11) is 0. The van der Waals surface area contributed by atoms with Gasteiger partial charge in [0, 0.05) is 24.7 Å². The Labute approximate surface area is 102 Å². The van der Waals surface area contributed by atoms with Crippen LogP contribution in [0.2, 0.25) is 0 Å². The highest BCUT2D eigenvalue weighted by molar-refractivity contribution is 5.12. The number of rotatable bonds is 3. The Bertz CT molecular complexity index is 378. The largest absolute Gasteiger partial charge is 0.328 e. The van der Waals surface area contributed by atoms with E-state index in [0.29, 0.717) is 19.3 Å². The molecule has 1 aromatic rings. The second-order valence-electron chi connectivity index (χ2n) is 5.26. The van der Waals surface area contributed by atoms with Crippen LogP contribution in [0.1, 0.15) is 44.0 Å². The highest BCUT2D eigenvalue weighted by Gasteiger charge is 2.35. The molecule has 1 heterocycles. The lowest BCUT2D eigenvalue weighted by Gasteiger charge is -2.32. The summed E-state index contributed by atoms with van der Waals surface area (Å²) in [6.45, 7) is 4.80. The minimum Gasteiger partial charge on any atom is -0.328 e. The van der Waals surface area contributed by atoms with Crippen molar-refractivity contribution in [2.75, 3.05) is 0 Å². The third-order valence-electron chi connectivity index (χ3n) is 3.71. The lowest BCUT2D eigenvalue weighted by atomic mass is 9.81. The van der Waals surface area contributed by atoms with Crippen LogP contribution in [0, 0.1) is 6.92 Å². The van der Waals surface area contributed by atoms with Gasteiger partial charge in [0.2, 0.25) is 0 Å². The van der Waals surface area contributed by atoms with Gasteiger partial charge in [-0.1, -0.05) is 0 Å². The zero-order valence-corrected chi connectivity index (χ0v) is 10.7. The van der Waals surface area contributed by atoms with Crippen molar-refractivity contribution in [1.29, 1.82) is 0 Å². The predicted molar refractivity (Wildman–Crippen MR) is 66.6 cm³/mol. The van der Waals surface area contributed by atoms with Crippen LogP contribution in [-0.4, -0.2) is 21.5 Å². The van der Waals surface area contributed by atoms with Gasteiger partial charge in [-0.3, -0.25) is 4.68 Å². The number of nitrogens with zero attached hydrogens (tertiary/aromatic N) is 2. The van der Waals surface area contributed by atoms with Gasteiger partial charge in [0.1, 0.15) is 5.67 Å².